The quantitative estimate of drug-likeness (QED) is 0.706. The van der Waals surface area contributed by atoms with Crippen LogP contribution in [-0.4, -0.2) is 24.6 Å². The Labute approximate surface area is 141 Å². The number of sulfone groups is 1. The molecule has 124 valence electrons. The van der Waals surface area contributed by atoms with Crippen LogP contribution in [0.25, 0.3) is 21.7 Å². The molecule has 2 aromatic heterocycles. The lowest BCUT2D eigenvalue weighted by atomic mass is 10.0. The Morgan fingerprint density at radius 2 is 1.83 bits per heavy atom. The number of pyridine rings is 1. The first-order valence-corrected chi connectivity index (χ1v) is 9.60. The van der Waals surface area contributed by atoms with Gasteiger partial charge < -0.3 is 0 Å². The molecule has 1 aromatic carbocycles. The monoisotopic (exact) mass is 366 g/mol. The third-order valence-electron chi connectivity index (χ3n) is 3.38. The zero-order valence-corrected chi connectivity index (χ0v) is 14.4. The van der Waals surface area contributed by atoms with Crippen molar-refractivity contribution in [2.24, 2.45) is 0 Å². The lowest BCUT2D eigenvalue weighted by molar-refractivity contribution is 0.557. The molecule has 0 spiro atoms. The average Bonchev–Trinajstić information content (AvgIpc) is 2.94. The average molecular weight is 366 g/mol. The highest BCUT2D eigenvalue weighted by molar-refractivity contribution is 7.90. The Morgan fingerprint density at radius 3 is 2.46 bits per heavy atom. The lowest BCUT2D eigenvalue weighted by Crippen LogP contribution is -2.03. The molecule has 24 heavy (non-hydrogen) atoms. The highest BCUT2D eigenvalue weighted by Gasteiger charge is 2.20. The van der Waals surface area contributed by atoms with Crippen molar-refractivity contribution >= 4 is 21.2 Å². The van der Waals surface area contributed by atoms with Crippen LogP contribution in [-0.2, 0) is 9.84 Å². The number of hydrogen-bond donors (Lipinski definition) is 0. The molecule has 0 radical (unpaired) electrons. The molecule has 0 atom stereocenters. The number of thiazole rings is 1. The Kier molecular flexibility index (Phi) is 4.18. The number of nitrogens with zero attached hydrogens (tertiary/aromatic N) is 2. The van der Waals surface area contributed by atoms with E-state index in [1.54, 1.807) is 6.07 Å². The van der Waals surface area contributed by atoms with Gasteiger partial charge in [-0.05, 0) is 25.1 Å². The summed E-state index contributed by atoms with van der Waals surface area (Å²) in [6, 6.07) is 3.24. The molecule has 2 heterocycles. The summed E-state index contributed by atoms with van der Waals surface area (Å²) in [7, 11) is -3.85. The van der Waals surface area contributed by atoms with E-state index in [0.717, 1.165) is 18.0 Å². The Bertz CT molecular complexity index is 1030. The van der Waals surface area contributed by atoms with Gasteiger partial charge in [-0.3, -0.25) is 4.98 Å². The van der Waals surface area contributed by atoms with Crippen molar-refractivity contribution in [3.8, 4) is 21.7 Å². The third-order valence-corrected chi connectivity index (χ3v) is 5.49. The van der Waals surface area contributed by atoms with Gasteiger partial charge in [0.25, 0.3) is 0 Å². The van der Waals surface area contributed by atoms with Crippen LogP contribution in [0.3, 0.4) is 0 Å². The Hall–Kier alpha value is -2.19. The summed E-state index contributed by atoms with van der Waals surface area (Å²) in [5.41, 5.74) is 1.71. The summed E-state index contributed by atoms with van der Waals surface area (Å²) >= 11 is 1.38. The fourth-order valence-electron chi connectivity index (χ4n) is 2.29. The Morgan fingerprint density at radius 1 is 1.08 bits per heavy atom. The van der Waals surface area contributed by atoms with E-state index >= 15 is 0 Å². The van der Waals surface area contributed by atoms with Gasteiger partial charge >= 0.3 is 0 Å². The van der Waals surface area contributed by atoms with E-state index in [9.17, 15) is 17.2 Å². The van der Waals surface area contributed by atoms with E-state index in [1.807, 2.05) is 12.3 Å². The van der Waals surface area contributed by atoms with Crippen LogP contribution in [0.2, 0.25) is 0 Å². The van der Waals surface area contributed by atoms with Gasteiger partial charge in [0.1, 0.15) is 21.5 Å². The van der Waals surface area contributed by atoms with E-state index < -0.39 is 26.4 Å². The maximum Gasteiger partial charge on any atom is 0.178 e. The summed E-state index contributed by atoms with van der Waals surface area (Å²) in [5, 5.41) is 2.50. The minimum absolute atomic E-state index is 0.0594. The third kappa shape index (κ3) is 3.07. The largest absolute Gasteiger partial charge is 0.264 e. The molecule has 8 heteroatoms. The van der Waals surface area contributed by atoms with E-state index in [-0.39, 0.29) is 5.56 Å². The van der Waals surface area contributed by atoms with Crippen molar-refractivity contribution < 1.29 is 17.2 Å². The summed E-state index contributed by atoms with van der Waals surface area (Å²) in [5.74, 6) is -1.83. The van der Waals surface area contributed by atoms with E-state index in [4.69, 9.17) is 0 Å². The van der Waals surface area contributed by atoms with Crippen LogP contribution in [0, 0.1) is 18.6 Å². The maximum absolute atomic E-state index is 14.5. The molecular weight excluding hydrogens is 354 g/mol. The predicted molar refractivity (Wildman–Crippen MR) is 88.5 cm³/mol. The van der Waals surface area contributed by atoms with Gasteiger partial charge in [0, 0.05) is 46.4 Å². The molecule has 0 saturated heterocycles. The second-order valence-corrected chi connectivity index (χ2v) is 8.09. The maximum atomic E-state index is 14.5. The SMILES string of the molecule is Cc1csc(-c2ccncc2-c2cc(F)c(S(C)(=O)=O)cc2F)n1. The minimum Gasteiger partial charge on any atom is -0.264 e. The highest BCUT2D eigenvalue weighted by Crippen LogP contribution is 2.35. The molecule has 3 aromatic rings. The summed E-state index contributed by atoms with van der Waals surface area (Å²) in [4.78, 5) is 7.65. The van der Waals surface area contributed by atoms with Crippen LogP contribution in [0.15, 0.2) is 40.9 Å². The molecular formula is C16H12F2N2O2S2. The first kappa shape index (κ1) is 16.7. The van der Waals surface area contributed by atoms with Crippen molar-refractivity contribution in [3.63, 3.8) is 0 Å². The van der Waals surface area contributed by atoms with E-state index in [1.165, 1.54) is 23.7 Å². The normalized spacial score (nSPS) is 11.7. The van der Waals surface area contributed by atoms with Gasteiger partial charge in [-0.15, -0.1) is 11.3 Å². The van der Waals surface area contributed by atoms with Crippen molar-refractivity contribution in [1.82, 2.24) is 9.97 Å². The van der Waals surface area contributed by atoms with Gasteiger partial charge in [-0.1, -0.05) is 0 Å². The second-order valence-electron chi connectivity index (χ2n) is 5.25. The van der Waals surface area contributed by atoms with Crippen LogP contribution in [0.4, 0.5) is 8.78 Å². The topological polar surface area (TPSA) is 59.9 Å². The number of benzene rings is 1. The van der Waals surface area contributed by atoms with Gasteiger partial charge in [0.15, 0.2) is 9.84 Å². The zero-order valence-electron chi connectivity index (χ0n) is 12.7. The van der Waals surface area contributed by atoms with Crippen LogP contribution in [0.5, 0.6) is 0 Å². The minimum atomic E-state index is -3.85. The summed E-state index contributed by atoms with van der Waals surface area (Å²) < 4.78 is 51.7. The second kappa shape index (κ2) is 6.03. The van der Waals surface area contributed by atoms with E-state index in [2.05, 4.69) is 9.97 Å². The molecule has 0 aliphatic carbocycles. The zero-order chi connectivity index (χ0) is 17.5. The first-order chi connectivity index (χ1) is 11.3. The predicted octanol–water partition coefficient (Wildman–Crippen LogP) is 3.86. The van der Waals surface area contributed by atoms with Crippen molar-refractivity contribution in [2.45, 2.75) is 11.8 Å². The van der Waals surface area contributed by atoms with Crippen LogP contribution < -0.4 is 0 Å². The fraction of sp³-hybridized carbons (Fsp3) is 0.125. The molecule has 0 aliphatic heterocycles. The molecule has 4 nitrogen and oxygen atoms in total. The van der Waals surface area contributed by atoms with Crippen LogP contribution in [0.1, 0.15) is 5.69 Å². The smallest absolute Gasteiger partial charge is 0.178 e. The van der Waals surface area contributed by atoms with Gasteiger partial charge in [0.2, 0.25) is 0 Å². The standard InChI is InChI=1S/C16H12F2N2O2S2/c1-9-8-23-16(20-9)10-3-4-19-7-12(10)11-5-14(18)15(6-13(11)17)24(2,21)22/h3-8H,1-2H3. The molecule has 0 N–H and O–H groups in total. The number of aryl methyl sites for hydroxylation is 1. The molecule has 0 aliphatic rings. The van der Waals surface area contributed by atoms with Crippen molar-refractivity contribution in [3.05, 3.63) is 53.3 Å². The number of halogens is 2. The molecule has 0 amide bonds. The van der Waals surface area contributed by atoms with Gasteiger partial charge in [-0.25, -0.2) is 22.2 Å². The van der Waals surface area contributed by atoms with Crippen molar-refractivity contribution in [1.29, 1.82) is 0 Å². The first-order valence-electron chi connectivity index (χ1n) is 6.83. The summed E-state index contributed by atoms with van der Waals surface area (Å²) in [6.07, 6.45) is 3.77. The van der Waals surface area contributed by atoms with Crippen molar-refractivity contribution in [2.75, 3.05) is 6.26 Å². The van der Waals surface area contributed by atoms with Crippen LogP contribution >= 0.6 is 11.3 Å². The number of aromatic nitrogens is 2. The Balaban J connectivity index is 2.23. The van der Waals surface area contributed by atoms with E-state index in [0.29, 0.717) is 22.2 Å². The molecule has 0 bridgehead atoms. The highest BCUT2D eigenvalue weighted by atomic mass is 32.2. The molecule has 3 rings (SSSR count). The molecule has 0 saturated carbocycles. The van der Waals surface area contributed by atoms with Gasteiger partial charge in [0.05, 0.1) is 0 Å². The molecule has 0 fully saturated rings. The summed E-state index contributed by atoms with van der Waals surface area (Å²) in [6.45, 7) is 1.84. The fourth-order valence-corrected chi connectivity index (χ4v) is 3.86. The number of hydrogen-bond acceptors (Lipinski definition) is 5. The lowest BCUT2D eigenvalue weighted by Gasteiger charge is -2.10. The number of rotatable bonds is 3. The molecule has 0 unspecified atom stereocenters. The van der Waals surface area contributed by atoms with Gasteiger partial charge in [-0.2, -0.15) is 0 Å².